The summed E-state index contributed by atoms with van der Waals surface area (Å²) in [5.41, 5.74) is 1.35. The van der Waals surface area contributed by atoms with Crippen LogP contribution in [0.2, 0.25) is 0 Å². The molecule has 0 saturated heterocycles. The summed E-state index contributed by atoms with van der Waals surface area (Å²) < 4.78 is 0. The summed E-state index contributed by atoms with van der Waals surface area (Å²) in [7, 11) is 0. The molecule has 0 spiro atoms. The number of fused-ring (bicyclic) bond motifs is 1. The Morgan fingerprint density at radius 3 is 2.77 bits per heavy atom. The Bertz CT molecular complexity index is 968. The first-order chi connectivity index (χ1) is 12.6. The molecule has 26 heavy (non-hydrogen) atoms. The molecule has 1 heterocycles. The van der Waals surface area contributed by atoms with Crippen LogP contribution in [0.25, 0.3) is 10.8 Å². The molecule has 6 heteroatoms. The first kappa shape index (κ1) is 18.2. The fourth-order valence-corrected chi connectivity index (χ4v) is 3.33. The average Bonchev–Trinajstić information content (AvgIpc) is 2.64. The molecule has 0 atom stereocenters. The van der Waals surface area contributed by atoms with Gasteiger partial charge in [-0.1, -0.05) is 55.4 Å². The van der Waals surface area contributed by atoms with Crippen molar-refractivity contribution >= 4 is 34.1 Å². The number of nitrogens with one attached hydrogen (secondary N) is 2. The Morgan fingerprint density at radius 1 is 1.15 bits per heavy atom. The van der Waals surface area contributed by atoms with Gasteiger partial charge in [0.2, 0.25) is 5.91 Å². The van der Waals surface area contributed by atoms with Crippen LogP contribution in [0.3, 0.4) is 0 Å². The van der Waals surface area contributed by atoms with E-state index in [4.69, 9.17) is 0 Å². The van der Waals surface area contributed by atoms with E-state index in [0.717, 1.165) is 41.4 Å². The van der Waals surface area contributed by atoms with E-state index in [9.17, 15) is 9.59 Å². The highest BCUT2D eigenvalue weighted by atomic mass is 32.2. The molecule has 0 fully saturated rings. The van der Waals surface area contributed by atoms with E-state index in [1.54, 1.807) is 0 Å². The zero-order chi connectivity index (χ0) is 18.4. The number of benzene rings is 2. The van der Waals surface area contributed by atoms with Crippen LogP contribution in [0.15, 0.2) is 58.5 Å². The van der Waals surface area contributed by atoms with Crippen LogP contribution in [0.5, 0.6) is 0 Å². The number of carbonyl (C=O) groups is 1. The van der Waals surface area contributed by atoms with Crippen molar-refractivity contribution in [3.8, 4) is 0 Å². The van der Waals surface area contributed by atoms with Crippen molar-refractivity contribution in [1.82, 2.24) is 9.97 Å². The molecule has 134 valence electrons. The van der Waals surface area contributed by atoms with Gasteiger partial charge in [0.25, 0.3) is 5.56 Å². The van der Waals surface area contributed by atoms with E-state index in [0.29, 0.717) is 5.16 Å². The number of aromatic amines is 1. The minimum atomic E-state index is -0.177. The summed E-state index contributed by atoms with van der Waals surface area (Å²) in [5, 5.41) is 5.58. The van der Waals surface area contributed by atoms with Crippen LogP contribution in [0, 0.1) is 0 Å². The zero-order valence-corrected chi connectivity index (χ0v) is 15.4. The van der Waals surface area contributed by atoms with Gasteiger partial charge in [0.1, 0.15) is 0 Å². The Balaban J connectivity index is 1.61. The number of unbranched alkanes of at least 4 members (excludes halogenated alkanes) is 1. The highest BCUT2D eigenvalue weighted by Crippen LogP contribution is 2.19. The molecule has 3 aromatic rings. The molecule has 5 nitrogen and oxygen atoms in total. The van der Waals surface area contributed by atoms with Crippen molar-refractivity contribution in [2.45, 2.75) is 31.3 Å². The monoisotopic (exact) mass is 367 g/mol. The van der Waals surface area contributed by atoms with Crippen LogP contribution in [-0.2, 0) is 11.2 Å². The number of thioether (sulfide) groups is 1. The zero-order valence-electron chi connectivity index (χ0n) is 14.6. The first-order valence-electron chi connectivity index (χ1n) is 8.66. The van der Waals surface area contributed by atoms with Gasteiger partial charge < -0.3 is 10.3 Å². The maximum Gasteiger partial charge on any atom is 0.251 e. The van der Waals surface area contributed by atoms with E-state index < -0.39 is 0 Å². The third kappa shape index (κ3) is 4.95. The lowest BCUT2D eigenvalue weighted by Crippen LogP contribution is -2.16. The van der Waals surface area contributed by atoms with Crippen molar-refractivity contribution < 1.29 is 4.79 Å². The van der Waals surface area contributed by atoms with Gasteiger partial charge in [0, 0.05) is 17.4 Å². The number of aromatic nitrogens is 2. The Morgan fingerprint density at radius 2 is 1.96 bits per heavy atom. The van der Waals surface area contributed by atoms with E-state index in [1.165, 1.54) is 17.8 Å². The lowest BCUT2D eigenvalue weighted by atomic mass is 10.1. The van der Waals surface area contributed by atoms with Crippen molar-refractivity contribution in [2.24, 2.45) is 0 Å². The van der Waals surface area contributed by atoms with Gasteiger partial charge in [-0.3, -0.25) is 9.59 Å². The Hall–Kier alpha value is -2.60. The molecular weight excluding hydrogens is 346 g/mol. The topological polar surface area (TPSA) is 74.8 Å². The minimum Gasteiger partial charge on any atom is -0.325 e. The molecule has 0 radical (unpaired) electrons. The van der Waals surface area contributed by atoms with Crippen molar-refractivity contribution in [2.75, 3.05) is 11.1 Å². The van der Waals surface area contributed by atoms with Crippen molar-refractivity contribution in [3.63, 3.8) is 0 Å². The third-order valence-electron chi connectivity index (χ3n) is 3.93. The highest BCUT2D eigenvalue weighted by molar-refractivity contribution is 7.99. The average molecular weight is 367 g/mol. The standard InChI is InChI=1S/C20H21N3O2S/c1-2-3-8-16-12-18(24)23-20(22-16)26-13-19(25)21-17-10-9-14-6-4-5-7-15(14)11-17/h4-7,9-12H,2-3,8,13H2,1H3,(H,21,25)(H,22,23,24). The van der Waals surface area contributed by atoms with Crippen LogP contribution >= 0.6 is 11.8 Å². The normalized spacial score (nSPS) is 10.8. The number of hydrogen-bond acceptors (Lipinski definition) is 4. The van der Waals surface area contributed by atoms with E-state index in [-0.39, 0.29) is 17.2 Å². The van der Waals surface area contributed by atoms with Gasteiger partial charge >= 0.3 is 0 Å². The smallest absolute Gasteiger partial charge is 0.251 e. The van der Waals surface area contributed by atoms with E-state index >= 15 is 0 Å². The fourth-order valence-electron chi connectivity index (χ4n) is 2.64. The summed E-state index contributed by atoms with van der Waals surface area (Å²) >= 11 is 1.23. The van der Waals surface area contributed by atoms with Crippen LogP contribution < -0.4 is 10.9 Å². The number of anilines is 1. The second-order valence-electron chi connectivity index (χ2n) is 6.04. The molecule has 0 saturated carbocycles. The van der Waals surface area contributed by atoms with Crippen LogP contribution in [-0.4, -0.2) is 21.6 Å². The SMILES string of the molecule is CCCCc1cc(=O)[nH]c(SCC(=O)Nc2ccc3ccccc3c2)n1. The van der Waals surface area contributed by atoms with Gasteiger partial charge in [0.05, 0.1) is 5.75 Å². The second kappa shape index (κ2) is 8.67. The summed E-state index contributed by atoms with van der Waals surface area (Å²) in [6, 6.07) is 15.3. The van der Waals surface area contributed by atoms with E-state index in [2.05, 4.69) is 22.2 Å². The largest absolute Gasteiger partial charge is 0.325 e. The van der Waals surface area contributed by atoms with Crippen LogP contribution in [0.1, 0.15) is 25.5 Å². The lowest BCUT2D eigenvalue weighted by molar-refractivity contribution is -0.113. The molecular formula is C20H21N3O2S. The molecule has 0 aliphatic heterocycles. The van der Waals surface area contributed by atoms with Gasteiger partial charge in [-0.25, -0.2) is 4.98 Å². The Kier molecular flexibility index (Phi) is 6.07. The maximum absolute atomic E-state index is 12.2. The van der Waals surface area contributed by atoms with Gasteiger partial charge in [-0.15, -0.1) is 0 Å². The molecule has 0 aliphatic carbocycles. The molecule has 3 rings (SSSR count). The first-order valence-corrected chi connectivity index (χ1v) is 9.64. The number of H-pyrrole nitrogens is 1. The lowest BCUT2D eigenvalue weighted by Gasteiger charge is -2.07. The quantitative estimate of drug-likeness (QED) is 0.489. The highest BCUT2D eigenvalue weighted by Gasteiger charge is 2.07. The molecule has 0 bridgehead atoms. The predicted molar refractivity (Wildman–Crippen MR) is 107 cm³/mol. The van der Waals surface area contributed by atoms with Crippen molar-refractivity contribution in [3.05, 3.63) is 64.6 Å². The molecule has 1 aromatic heterocycles. The summed E-state index contributed by atoms with van der Waals surface area (Å²) in [6.07, 6.45) is 2.81. The molecule has 1 amide bonds. The molecule has 2 aromatic carbocycles. The van der Waals surface area contributed by atoms with E-state index in [1.807, 2.05) is 42.5 Å². The third-order valence-corrected chi connectivity index (χ3v) is 4.81. The van der Waals surface area contributed by atoms with Crippen molar-refractivity contribution in [1.29, 1.82) is 0 Å². The number of aryl methyl sites for hydroxylation is 1. The summed E-state index contributed by atoms with van der Waals surface area (Å²) in [4.78, 5) is 31.0. The molecule has 2 N–H and O–H groups in total. The molecule has 0 aliphatic rings. The number of amides is 1. The predicted octanol–water partition coefficient (Wildman–Crippen LogP) is 4.00. The van der Waals surface area contributed by atoms with Crippen LogP contribution in [0.4, 0.5) is 5.69 Å². The number of nitrogens with zero attached hydrogens (tertiary/aromatic N) is 1. The Labute approximate surface area is 156 Å². The summed E-state index contributed by atoms with van der Waals surface area (Å²) in [6.45, 7) is 2.10. The molecule has 0 unspecified atom stereocenters. The summed E-state index contributed by atoms with van der Waals surface area (Å²) in [5.74, 6) is 0.0550. The number of hydrogen-bond donors (Lipinski definition) is 2. The van der Waals surface area contributed by atoms with Gasteiger partial charge in [-0.05, 0) is 35.7 Å². The fraction of sp³-hybridized carbons (Fsp3) is 0.250. The van der Waals surface area contributed by atoms with Gasteiger partial charge in [0.15, 0.2) is 5.16 Å². The van der Waals surface area contributed by atoms with Gasteiger partial charge in [-0.2, -0.15) is 0 Å². The number of rotatable bonds is 7. The maximum atomic E-state index is 12.2. The minimum absolute atomic E-state index is 0.133. The second-order valence-corrected chi connectivity index (χ2v) is 7.01. The number of carbonyl (C=O) groups excluding carboxylic acids is 1.